The van der Waals surface area contributed by atoms with Gasteiger partial charge in [-0.2, -0.15) is 9.78 Å². The molecule has 4 rings (SSSR count). The Hall–Kier alpha value is -3.87. The van der Waals surface area contributed by atoms with Crippen molar-refractivity contribution in [1.29, 1.82) is 0 Å². The summed E-state index contributed by atoms with van der Waals surface area (Å²) in [5, 5.41) is 8.37. The highest BCUT2D eigenvalue weighted by molar-refractivity contribution is 5.94. The van der Waals surface area contributed by atoms with E-state index in [1.807, 2.05) is 52.0 Å². The minimum Gasteiger partial charge on any atom is -0.353 e. The molecule has 0 aliphatic heterocycles. The molecule has 0 bridgehead atoms. The van der Waals surface area contributed by atoms with E-state index in [2.05, 4.69) is 10.4 Å². The van der Waals surface area contributed by atoms with Gasteiger partial charge in [0, 0.05) is 23.1 Å². The first kappa shape index (κ1) is 23.3. The fourth-order valence-electron chi connectivity index (χ4n) is 3.85. The Bertz CT molecular complexity index is 1460. The average molecular weight is 462 g/mol. The Balaban J connectivity index is 1.94. The first-order chi connectivity index (χ1) is 16.1. The smallest absolute Gasteiger partial charge is 0.279 e. The van der Waals surface area contributed by atoms with E-state index in [4.69, 9.17) is 0 Å². The minimum atomic E-state index is -0.893. The standard InChI is InChI=1S/C27H25F2N3O2/c1-16(2)30-26(34)27(3,4)18-9-7-8-17(14-18)24-20-10-5-6-11-21(20)25(33)32(31-24)23-13-12-19(28)15-22(23)29/h5-16H,1-4H3,(H,30,34). The number of halogens is 2. The highest BCUT2D eigenvalue weighted by Gasteiger charge is 2.30. The van der Waals surface area contributed by atoms with Gasteiger partial charge in [0.05, 0.1) is 16.5 Å². The number of hydrogen-bond donors (Lipinski definition) is 1. The fraction of sp³-hybridized carbons (Fsp3) is 0.222. The van der Waals surface area contributed by atoms with E-state index < -0.39 is 22.6 Å². The molecule has 0 unspecified atom stereocenters. The quantitative estimate of drug-likeness (QED) is 0.448. The lowest BCUT2D eigenvalue weighted by molar-refractivity contribution is -0.126. The van der Waals surface area contributed by atoms with Crippen LogP contribution in [-0.2, 0) is 10.2 Å². The van der Waals surface area contributed by atoms with Gasteiger partial charge >= 0.3 is 0 Å². The lowest BCUT2D eigenvalue weighted by atomic mass is 9.82. The van der Waals surface area contributed by atoms with Crippen molar-refractivity contribution in [2.75, 3.05) is 0 Å². The van der Waals surface area contributed by atoms with E-state index >= 15 is 0 Å². The summed E-state index contributed by atoms with van der Waals surface area (Å²) >= 11 is 0. The van der Waals surface area contributed by atoms with Crippen molar-refractivity contribution in [1.82, 2.24) is 15.1 Å². The number of nitrogens with one attached hydrogen (secondary N) is 1. The zero-order valence-corrected chi connectivity index (χ0v) is 19.4. The topological polar surface area (TPSA) is 64.0 Å². The monoisotopic (exact) mass is 461 g/mol. The molecule has 0 spiro atoms. The van der Waals surface area contributed by atoms with Crippen LogP contribution < -0.4 is 10.9 Å². The third-order valence-corrected chi connectivity index (χ3v) is 5.79. The Morgan fingerprint density at radius 3 is 2.35 bits per heavy atom. The molecule has 1 N–H and O–H groups in total. The summed E-state index contributed by atoms with van der Waals surface area (Å²) in [5.41, 5.74) is 0.382. The first-order valence-corrected chi connectivity index (χ1v) is 11.0. The fourth-order valence-corrected chi connectivity index (χ4v) is 3.85. The molecular formula is C27H25F2N3O2. The maximum atomic E-state index is 14.6. The number of carbonyl (C=O) groups is 1. The summed E-state index contributed by atoms with van der Waals surface area (Å²) in [5.74, 6) is -1.75. The normalized spacial score (nSPS) is 11.7. The van der Waals surface area contributed by atoms with E-state index in [-0.39, 0.29) is 17.6 Å². The number of aromatic nitrogens is 2. The summed E-state index contributed by atoms with van der Waals surface area (Å²) in [6.07, 6.45) is 0. The van der Waals surface area contributed by atoms with E-state index in [1.54, 1.807) is 24.3 Å². The summed E-state index contributed by atoms with van der Waals surface area (Å²) in [7, 11) is 0. The molecule has 1 amide bonds. The van der Waals surface area contributed by atoms with Gasteiger partial charge in [-0.3, -0.25) is 9.59 Å². The van der Waals surface area contributed by atoms with Crippen molar-refractivity contribution in [3.63, 3.8) is 0 Å². The van der Waals surface area contributed by atoms with E-state index in [9.17, 15) is 18.4 Å². The van der Waals surface area contributed by atoms with Crippen molar-refractivity contribution in [3.05, 3.63) is 94.3 Å². The SMILES string of the molecule is CC(C)NC(=O)C(C)(C)c1cccc(-c2nn(-c3ccc(F)cc3F)c(=O)c3ccccc23)c1. The van der Waals surface area contributed by atoms with Crippen LogP contribution in [-0.4, -0.2) is 21.7 Å². The van der Waals surface area contributed by atoms with Crippen LogP contribution in [0.15, 0.2) is 71.5 Å². The molecule has 174 valence electrons. The highest BCUT2D eigenvalue weighted by Crippen LogP contribution is 2.31. The van der Waals surface area contributed by atoms with Crippen molar-refractivity contribution in [3.8, 4) is 16.9 Å². The molecule has 1 aromatic heterocycles. The Morgan fingerprint density at radius 1 is 0.971 bits per heavy atom. The van der Waals surface area contributed by atoms with Gasteiger partial charge in [-0.05, 0) is 57.5 Å². The Morgan fingerprint density at radius 2 is 1.68 bits per heavy atom. The lowest BCUT2D eigenvalue weighted by Gasteiger charge is -2.26. The van der Waals surface area contributed by atoms with Gasteiger partial charge in [0.25, 0.3) is 5.56 Å². The van der Waals surface area contributed by atoms with Crippen molar-refractivity contribution >= 4 is 16.7 Å². The molecule has 0 atom stereocenters. The van der Waals surface area contributed by atoms with Crippen LogP contribution in [0.25, 0.3) is 27.7 Å². The third kappa shape index (κ3) is 4.21. The molecule has 7 heteroatoms. The first-order valence-electron chi connectivity index (χ1n) is 11.0. The predicted octanol–water partition coefficient (Wildman–Crippen LogP) is 5.13. The summed E-state index contributed by atoms with van der Waals surface area (Å²) in [6, 6.07) is 17.3. The Kier molecular flexibility index (Phi) is 6.04. The largest absolute Gasteiger partial charge is 0.353 e. The second-order valence-corrected chi connectivity index (χ2v) is 9.04. The second-order valence-electron chi connectivity index (χ2n) is 9.04. The van der Waals surface area contributed by atoms with Crippen molar-refractivity contribution < 1.29 is 13.6 Å². The molecule has 1 heterocycles. The van der Waals surface area contributed by atoms with E-state index in [0.717, 1.165) is 22.4 Å². The molecule has 0 fully saturated rings. The van der Waals surface area contributed by atoms with Gasteiger partial charge in [0.2, 0.25) is 5.91 Å². The number of nitrogens with zero attached hydrogens (tertiary/aromatic N) is 2. The lowest BCUT2D eigenvalue weighted by Crippen LogP contribution is -2.43. The Labute approximate surface area is 196 Å². The van der Waals surface area contributed by atoms with Gasteiger partial charge < -0.3 is 5.32 Å². The number of fused-ring (bicyclic) bond motifs is 1. The minimum absolute atomic E-state index is 0.00488. The molecule has 0 aliphatic rings. The molecule has 3 aromatic carbocycles. The van der Waals surface area contributed by atoms with Crippen LogP contribution in [0.1, 0.15) is 33.3 Å². The van der Waals surface area contributed by atoms with Crippen LogP contribution in [0.4, 0.5) is 8.78 Å². The van der Waals surface area contributed by atoms with Crippen LogP contribution >= 0.6 is 0 Å². The predicted molar refractivity (Wildman–Crippen MR) is 129 cm³/mol. The van der Waals surface area contributed by atoms with E-state index in [1.165, 1.54) is 6.07 Å². The van der Waals surface area contributed by atoms with Gasteiger partial charge in [-0.1, -0.05) is 36.4 Å². The van der Waals surface area contributed by atoms with Crippen molar-refractivity contribution in [2.45, 2.75) is 39.2 Å². The molecule has 0 aliphatic carbocycles. The number of hydrogen-bond acceptors (Lipinski definition) is 3. The molecular weight excluding hydrogens is 436 g/mol. The number of carbonyl (C=O) groups excluding carboxylic acids is 1. The zero-order valence-electron chi connectivity index (χ0n) is 19.4. The molecule has 0 saturated carbocycles. The van der Waals surface area contributed by atoms with Gasteiger partial charge in [-0.15, -0.1) is 0 Å². The summed E-state index contributed by atoms with van der Waals surface area (Å²) in [6.45, 7) is 7.48. The van der Waals surface area contributed by atoms with Gasteiger partial charge in [-0.25, -0.2) is 8.78 Å². The molecule has 34 heavy (non-hydrogen) atoms. The average Bonchev–Trinajstić information content (AvgIpc) is 2.79. The molecule has 4 aromatic rings. The number of amides is 1. The number of benzene rings is 3. The van der Waals surface area contributed by atoms with Crippen LogP contribution in [0.2, 0.25) is 0 Å². The van der Waals surface area contributed by atoms with Gasteiger partial charge in [0.15, 0.2) is 5.82 Å². The zero-order chi connectivity index (χ0) is 24.6. The van der Waals surface area contributed by atoms with Crippen LogP contribution in [0.5, 0.6) is 0 Å². The highest BCUT2D eigenvalue weighted by atomic mass is 19.1. The third-order valence-electron chi connectivity index (χ3n) is 5.79. The van der Waals surface area contributed by atoms with Crippen LogP contribution in [0.3, 0.4) is 0 Å². The summed E-state index contributed by atoms with van der Waals surface area (Å²) < 4.78 is 29.0. The van der Waals surface area contributed by atoms with Gasteiger partial charge in [0.1, 0.15) is 11.5 Å². The molecule has 0 radical (unpaired) electrons. The maximum Gasteiger partial charge on any atom is 0.279 e. The molecule has 0 saturated heterocycles. The summed E-state index contributed by atoms with van der Waals surface area (Å²) in [4.78, 5) is 26.0. The maximum absolute atomic E-state index is 14.6. The second kappa shape index (κ2) is 8.82. The molecule has 5 nitrogen and oxygen atoms in total. The number of rotatable bonds is 5. The van der Waals surface area contributed by atoms with Crippen molar-refractivity contribution in [2.24, 2.45) is 0 Å². The van der Waals surface area contributed by atoms with E-state index in [0.29, 0.717) is 22.0 Å². The van der Waals surface area contributed by atoms with Crippen LogP contribution in [0, 0.1) is 11.6 Å².